The van der Waals surface area contributed by atoms with Crippen LogP contribution in [0.3, 0.4) is 0 Å². The molecule has 0 amide bonds. The Hall–Kier alpha value is -1.03. The van der Waals surface area contributed by atoms with Gasteiger partial charge in [-0.1, -0.05) is 24.1 Å². The second-order valence-electron chi connectivity index (χ2n) is 5.53. The minimum atomic E-state index is -0.104. The highest BCUT2D eigenvalue weighted by molar-refractivity contribution is 7.12. The number of hydrogen-bond donors (Lipinski definition) is 1. The molecule has 2 nitrogen and oxygen atoms in total. The average Bonchev–Trinajstić information content (AvgIpc) is 2.78. The van der Waals surface area contributed by atoms with Crippen molar-refractivity contribution in [2.24, 2.45) is 5.73 Å². The highest BCUT2D eigenvalue weighted by Gasteiger charge is 2.18. The molecule has 1 atom stereocenters. The zero-order valence-corrected chi connectivity index (χ0v) is 13.8. The Morgan fingerprint density at radius 1 is 1.19 bits per heavy atom. The van der Waals surface area contributed by atoms with Gasteiger partial charge in [0.05, 0.1) is 18.2 Å². The second kappa shape index (κ2) is 6.39. The van der Waals surface area contributed by atoms with Crippen LogP contribution in [0.15, 0.2) is 24.3 Å². The number of nitrogens with two attached hydrogens (primary N) is 1. The van der Waals surface area contributed by atoms with Crippen LogP contribution < -0.4 is 10.5 Å². The van der Waals surface area contributed by atoms with Gasteiger partial charge in [0.1, 0.15) is 5.75 Å². The average molecular weight is 322 g/mol. The Morgan fingerprint density at radius 2 is 2.00 bits per heavy atom. The molecule has 0 bridgehead atoms. The summed E-state index contributed by atoms with van der Waals surface area (Å²) in [6.07, 6.45) is 6.35. The van der Waals surface area contributed by atoms with Crippen LogP contribution in [0.2, 0.25) is 5.02 Å². The summed E-state index contributed by atoms with van der Waals surface area (Å²) in [6.45, 7) is 0. The smallest absolute Gasteiger partial charge is 0.137 e. The Balaban J connectivity index is 1.89. The van der Waals surface area contributed by atoms with Crippen molar-refractivity contribution in [2.75, 3.05) is 7.11 Å². The first kappa shape index (κ1) is 14.9. The molecule has 1 unspecified atom stereocenters. The number of halogens is 1. The summed E-state index contributed by atoms with van der Waals surface area (Å²) in [5.41, 5.74) is 9.01. The van der Waals surface area contributed by atoms with Gasteiger partial charge in [0.25, 0.3) is 0 Å². The molecule has 1 heterocycles. The summed E-state index contributed by atoms with van der Waals surface area (Å²) in [4.78, 5) is 2.77. The van der Waals surface area contributed by atoms with Crippen molar-refractivity contribution in [3.8, 4) is 5.75 Å². The molecule has 1 aliphatic rings. The molecule has 3 rings (SSSR count). The zero-order chi connectivity index (χ0) is 14.8. The fourth-order valence-electron chi connectivity index (χ4n) is 2.88. The summed E-state index contributed by atoms with van der Waals surface area (Å²) < 4.78 is 5.29. The number of aryl methyl sites for hydroxylation is 2. The van der Waals surface area contributed by atoms with Crippen molar-refractivity contribution in [3.63, 3.8) is 0 Å². The van der Waals surface area contributed by atoms with Crippen molar-refractivity contribution < 1.29 is 4.74 Å². The van der Waals surface area contributed by atoms with Gasteiger partial charge in [0, 0.05) is 9.75 Å². The fraction of sp³-hybridized carbons (Fsp3) is 0.412. The van der Waals surface area contributed by atoms with Crippen LogP contribution in [0.4, 0.5) is 0 Å². The van der Waals surface area contributed by atoms with Crippen LogP contribution in [-0.2, 0) is 12.8 Å². The maximum Gasteiger partial charge on any atom is 0.137 e. The molecule has 1 aromatic carbocycles. The maximum atomic E-state index is 6.45. The van der Waals surface area contributed by atoms with Gasteiger partial charge in [-0.15, -0.1) is 11.3 Å². The third-order valence-electron chi connectivity index (χ3n) is 4.11. The van der Waals surface area contributed by atoms with E-state index >= 15 is 0 Å². The Bertz CT molecular complexity index is 614. The van der Waals surface area contributed by atoms with E-state index in [4.69, 9.17) is 22.1 Å². The van der Waals surface area contributed by atoms with Crippen LogP contribution in [0.1, 0.15) is 46.2 Å². The van der Waals surface area contributed by atoms with Gasteiger partial charge in [0.2, 0.25) is 0 Å². The molecule has 1 aliphatic carbocycles. The third-order valence-corrected chi connectivity index (χ3v) is 5.74. The fourth-order valence-corrected chi connectivity index (χ4v) is 4.36. The molecule has 2 aromatic rings. The normalized spacial score (nSPS) is 16.1. The molecule has 4 heteroatoms. The van der Waals surface area contributed by atoms with Gasteiger partial charge >= 0.3 is 0 Å². The Labute approximate surface area is 134 Å². The summed E-state index contributed by atoms with van der Waals surface area (Å²) in [5, 5.41) is 0.621. The van der Waals surface area contributed by atoms with E-state index in [0.29, 0.717) is 10.8 Å². The monoisotopic (exact) mass is 321 g/mol. The number of methoxy groups -OCH3 is 1. The van der Waals surface area contributed by atoms with E-state index in [2.05, 4.69) is 6.07 Å². The van der Waals surface area contributed by atoms with Crippen molar-refractivity contribution in [1.82, 2.24) is 0 Å². The lowest BCUT2D eigenvalue weighted by Gasteiger charge is -2.12. The predicted octanol–water partition coefficient (Wildman–Crippen LogP) is 4.73. The lowest BCUT2D eigenvalue weighted by Crippen LogP contribution is -2.10. The van der Waals surface area contributed by atoms with E-state index < -0.39 is 0 Å². The van der Waals surface area contributed by atoms with Crippen LogP contribution >= 0.6 is 22.9 Å². The van der Waals surface area contributed by atoms with Gasteiger partial charge in [-0.25, -0.2) is 0 Å². The van der Waals surface area contributed by atoms with E-state index in [9.17, 15) is 0 Å². The van der Waals surface area contributed by atoms with Crippen LogP contribution in [0, 0.1) is 0 Å². The summed E-state index contributed by atoms with van der Waals surface area (Å²) >= 11 is 7.95. The van der Waals surface area contributed by atoms with Crippen molar-refractivity contribution in [2.45, 2.75) is 38.1 Å². The molecule has 0 aliphatic heterocycles. The van der Waals surface area contributed by atoms with Crippen molar-refractivity contribution in [3.05, 3.63) is 50.2 Å². The largest absolute Gasteiger partial charge is 0.495 e. The summed E-state index contributed by atoms with van der Waals surface area (Å²) in [5.74, 6) is 0.683. The van der Waals surface area contributed by atoms with E-state index in [-0.39, 0.29) is 6.04 Å². The lowest BCUT2D eigenvalue weighted by atomic mass is 10.0. The molecule has 0 spiro atoms. The minimum absolute atomic E-state index is 0.104. The van der Waals surface area contributed by atoms with Crippen LogP contribution in [0.25, 0.3) is 0 Å². The predicted molar refractivity (Wildman–Crippen MR) is 89.6 cm³/mol. The zero-order valence-electron chi connectivity index (χ0n) is 12.2. The lowest BCUT2D eigenvalue weighted by molar-refractivity contribution is 0.414. The molecule has 112 valence electrons. The molecule has 0 saturated carbocycles. The molecular weight excluding hydrogens is 302 g/mol. The summed E-state index contributed by atoms with van der Waals surface area (Å²) in [6, 6.07) is 7.98. The van der Waals surface area contributed by atoms with Crippen molar-refractivity contribution >= 4 is 22.9 Å². The van der Waals surface area contributed by atoms with E-state index in [1.807, 2.05) is 29.5 Å². The summed E-state index contributed by atoms with van der Waals surface area (Å²) in [7, 11) is 1.63. The van der Waals surface area contributed by atoms with Gasteiger partial charge in [-0.2, -0.15) is 0 Å². The third kappa shape index (κ3) is 3.10. The first-order valence-corrected chi connectivity index (χ1v) is 8.59. The molecule has 0 radical (unpaired) electrons. The van der Waals surface area contributed by atoms with Crippen molar-refractivity contribution in [1.29, 1.82) is 0 Å². The number of benzene rings is 1. The van der Waals surface area contributed by atoms with Crippen LogP contribution in [-0.4, -0.2) is 7.11 Å². The van der Waals surface area contributed by atoms with E-state index in [0.717, 1.165) is 5.56 Å². The van der Waals surface area contributed by atoms with Crippen LogP contribution in [0.5, 0.6) is 5.75 Å². The molecule has 0 fully saturated rings. The van der Waals surface area contributed by atoms with E-state index in [1.54, 1.807) is 7.11 Å². The molecule has 2 N–H and O–H groups in total. The SMILES string of the molecule is COc1cc(C(N)c2cc3c(s2)CCCCC3)ccc1Cl. The first-order chi connectivity index (χ1) is 10.2. The topological polar surface area (TPSA) is 35.2 Å². The first-order valence-electron chi connectivity index (χ1n) is 7.39. The molecular formula is C17H20ClNOS. The highest BCUT2D eigenvalue weighted by atomic mass is 35.5. The maximum absolute atomic E-state index is 6.45. The second-order valence-corrected chi connectivity index (χ2v) is 7.11. The Kier molecular flexibility index (Phi) is 4.53. The molecule has 1 aromatic heterocycles. The number of fused-ring (bicyclic) bond motifs is 1. The van der Waals surface area contributed by atoms with Gasteiger partial charge < -0.3 is 10.5 Å². The number of thiophene rings is 1. The molecule has 0 saturated heterocycles. The highest BCUT2D eigenvalue weighted by Crippen LogP contribution is 2.35. The molecule has 21 heavy (non-hydrogen) atoms. The number of hydrogen-bond acceptors (Lipinski definition) is 3. The van der Waals surface area contributed by atoms with E-state index in [1.165, 1.54) is 47.4 Å². The number of rotatable bonds is 3. The quantitative estimate of drug-likeness (QED) is 0.830. The minimum Gasteiger partial charge on any atom is -0.495 e. The Morgan fingerprint density at radius 3 is 2.81 bits per heavy atom. The number of ether oxygens (including phenoxy) is 1. The van der Waals surface area contributed by atoms with Gasteiger partial charge in [-0.05, 0) is 55.0 Å². The standard InChI is InChI=1S/C17H20ClNOS/c1-20-14-9-12(7-8-13(14)18)17(19)16-10-11-5-3-2-4-6-15(11)21-16/h7-10,17H,2-6,19H2,1H3. The van der Waals surface area contributed by atoms with Gasteiger partial charge in [0.15, 0.2) is 0 Å². The van der Waals surface area contributed by atoms with Gasteiger partial charge in [-0.3, -0.25) is 0 Å².